The van der Waals surface area contributed by atoms with Gasteiger partial charge in [0.05, 0.1) is 6.61 Å². The molecule has 10 nitrogen and oxygen atoms in total. The number of amides is 1. The van der Waals surface area contributed by atoms with E-state index in [0.717, 1.165) is 12.8 Å². The summed E-state index contributed by atoms with van der Waals surface area (Å²) in [6, 6.07) is 0. The Bertz CT molecular complexity index is 463. The third-order valence-corrected chi connectivity index (χ3v) is 4.42. The Balaban J connectivity index is 2.29. The largest absolute Gasteiger partial charge is 0.394 e. The first-order chi connectivity index (χ1) is 12.9. The molecule has 0 aromatic heterocycles. The van der Waals surface area contributed by atoms with Gasteiger partial charge in [0.1, 0.15) is 31.0 Å². The molecule has 0 unspecified atom stereocenters. The van der Waals surface area contributed by atoms with E-state index in [1.807, 2.05) is 0 Å². The van der Waals surface area contributed by atoms with Crippen LogP contribution in [-0.2, 0) is 9.53 Å². The highest BCUT2D eigenvalue weighted by atomic mass is 16.6. The second kappa shape index (κ2) is 12.8. The summed E-state index contributed by atoms with van der Waals surface area (Å²) in [4.78, 5) is 15.8. The predicted molar refractivity (Wildman–Crippen MR) is 99.8 cm³/mol. The van der Waals surface area contributed by atoms with Crippen LogP contribution in [0, 0.1) is 0 Å². The third-order valence-electron chi connectivity index (χ3n) is 4.42. The molecule has 1 rings (SSSR count). The Morgan fingerprint density at radius 1 is 1.07 bits per heavy atom. The summed E-state index contributed by atoms with van der Waals surface area (Å²) in [7, 11) is 0. The number of carbonyl (C=O) groups excluding carboxylic acids is 1. The van der Waals surface area contributed by atoms with E-state index in [2.05, 4.69) is 22.5 Å². The van der Waals surface area contributed by atoms with Crippen molar-refractivity contribution in [1.29, 1.82) is 0 Å². The molecule has 1 heterocycles. The first kappa shape index (κ1) is 23.6. The molecule has 0 spiro atoms. The maximum absolute atomic E-state index is 11.9. The quantitative estimate of drug-likeness (QED) is 0.123. The molecular weight excluding hydrogens is 356 g/mol. The lowest BCUT2D eigenvalue weighted by atomic mass is 9.98. The number of hydrogen-bond donors (Lipinski definition) is 7. The number of carbonyl (C=O) groups is 1. The van der Waals surface area contributed by atoms with Gasteiger partial charge in [-0.1, -0.05) is 39.0 Å². The first-order valence-corrected chi connectivity index (χ1v) is 9.54. The van der Waals surface area contributed by atoms with Crippen molar-refractivity contribution in [3.05, 3.63) is 0 Å². The van der Waals surface area contributed by atoms with Crippen LogP contribution in [-0.4, -0.2) is 82.6 Å². The Labute approximate surface area is 159 Å². The summed E-state index contributed by atoms with van der Waals surface area (Å²) < 4.78 is 5.19. The molecule has 5 atom stereocenters. The molecule has 8 N–H and O–H groups in total. The fourth-order valence-corrected chi connectivity index (χ4v) is 2.76. The fourth-order valence-electron chi connectivity index (χ4n) is 2.76. The third kappa shape index (κ3) is 8.39. The van der Waals surface area contributed by atoms with E-state index in [-0.39, 0.29) is 12.5 Å². The number of nitrogens with one attached hydrogen (secondary N) is 2. The van der Waals surface area contributed by atoms with Crippen LogP contribution in [0.15, 0.2) is 4.99 Å². The minimum atomic E-state index is -1.55. The molecule has 0 bridgehead atoms. The zero-order valence-electron chi connectivity index (χ0n) is 15.9. The SMILES string of the molecule is CCCCCCCCNC(N)=NCC(=O)N[C@@H]1O[C@H](CO)[C@@H](O)[C@H](O)[C@H]1O. The second-order valence-electron chi connectivity index (χ2n) is 6.71. The zero-order valence-corrected chi connectivity index (χ0v) is 15.9. The van der Waals surface area contributed by atoms with Crippen molar-refractivity contribution in [3.8, 4) is 0 Å². The van der Waals surface area contributed by atoms with Gasteiger partial charge < -0.3 is 41.5 Å². The van der Waals surface area contributed by atoms with Crippen LogP contribution >= 0.6 is 0 Å². The van der Waals surface area contributed by atoms with Crippen LogP contribution in [0.4, 0.5) is 0 Å². The van der Waals surface area contributed by atoms with Crippen molar-refractivity contribution in [2.75, 3.05) is 19.7 Å². The van der Waals surface area contributed by atoms with Crippen LogP contribution in [0.25, 0.3) is 0 Å². The number of hydrogen-bond acceptors (Lipinski definition) is 7. The minimum Gasteiger partial charge on any atom is -0.394 e. The monoisotopic (exact) mass is 390 g/mol. The molecule has 0 aromatic carbocycles. The average molecular weight is 390 g/mol. The first-order valence-electron chi connectivity index (χ1n) is 9.54. The summed E-state index contributed by atoms with van der Waals surface area (Å²) in [6.07, 6.45) is 0.0672. The standard InChI is InChI=1S/C17H34N4O6/c1-2-3-4-5-6-7-8-19-17(18)20-9-12(23)21-16-15(26)14(25)13(24)11(10-22)27-16/h11,13-16,22,24-26H,2-10H2,1H3,(H,21,23)(H3,18,19,20)/t11-,13-,14+,15-,16-/m1/s1. The van der Waals surface area contributed by atoms with E-state index in [1.165, 1.54) is 25.7 Å². The van der Waals surface area contributed by atoms with Crippen LogP contribution in [0.2, 0.25) is 0 Å². The molecule has 27 heavy (non-hydrogen) atoms. The van der Waals surface area contributed by atoms with Gasteiger partial charge in [-0.3, -0.25) is 4.79 Å². The fraction of sp³-hybridized carbons (Fsp3) is 0.882. The molecule has 0 aromatic rings. The highest BCUT2D eigenvalue weighted by Gasteiger charge is 2.43. The van der Waals surface area contributed by atoms with Crippen LogP contribution in [0.1, 0.15) is 45.4 Å². The minimum absolute atomic E-state index is 0.146. The average Bonchev–Trinajstić information content (AvgIpc) is 2.66. The summed E-state index contributed by atoms with van der Waals surface area (Å²) in [6.45, 7) is 2.00. The second-order valence-corrected chi connectivity index (χ2v) is 6.71. The van der Waals surface area contributed by atoms with Crippen molar-refractivity contribution in [2.24, 2.45) is 10.7 Å². The topological polar surface area (TPSA) is 170 Å². The van der Waals surface area contributed by atoms with Gasteiger partial charge >= 0.3 is 0 Å². The van der Waals surface area contributed by atoms with Crippen molar-refractivity contribution in [2.45, 2.75) is 76.1 Å². The number of unbranched alkanes of at least 4 members (excludes halogenated alkanes) is 5. The summed E-state index contributed by atoms with van der Waals surface area (Å²) in [5.41, 5.74) is 5.70. The molecular formula is C17H34N4O6. The maximum atomic E-state index is 11.9. The summed E-state index contributed by atoms with van der Waals surface area (Å²) in [5, 5.41) is 43.6. The normalized spacial score (nSPS) is 28.8. The highest BCUT2D eigenvalue weighted by molar-refractivity contribution is 5.84. The van der Waals surface area contributed by atoms with E-state index in [4.69, 9.17) is 15.6 Å². The zero-order chi connectivity index (χ0) is 20.2. The molecule has 1 aliphatic heterocycles. The Hall–Kier alpha value is -1.46. The maximum Gasteiger partial charge on any atom is 0.243 e. The van der Waals surface area contributed by atoms with Crippen LogP contribution in [0.3, 0.4) is 0 Å². The Morgan fingerprint density at radius 2 is 1.74 bits per heavy atom. The molecule has 158 valence electrons. The van der Waals surface area contributed by atoms with E-state index >= 15 is 0 Å². The number of nitrogens with two attached hydrogens (primary N) is 1. The number of guanidine groups is 1. The molecule has 1 saturated heterocycles. The summed E-state index contributed by atoms with van der Waals surface area (Å²) >= 11 is 0. The van der Waals surface area contributed by atoms with Crippen molar-refractivity contribution in [1.82, 2.24) is 10.6 Å². The lowest BCUT2D eigenvalue weighted by Crippen LogP contribution is -2.63. The number of ether oxygens (including phenoxy) is 1. The van der Waals surface area contributed by atoms with Crippen molar-refractivity contribution < 1.29 is 30.0 Å². The Kier molecular flexibility index (Phi) is 11.2. The molecule has 0 saturated carbocycles. The highest BCUT2D eigenvalue weighted by Crippen LogP contribution is 2.19. The van der Waals surface area contributed by atoms with Gasteiger partial charge in [0.15, 0.2) is 12.2 Å². The van der Waals surface area contributed by atoms with E-state index < -0.39 is 43.2 Å². The molecule has 1 amide bonds. The molecule has 0 aliphatic carbocycles. The predicted octanol–water partition coefficient (Wildman–Crippen LogP) is -1.83. The van der Waals surface area contributed by atoms with Crippen molar-refractivity contribution >= 4 is 11.9 Å². The van der Waals surface area contributed by atoms with Gasteiger partial charge in [-0.2, -0.15) is 0 Å². The lowest BCUT2D eigenvalue weighted by Gasteiger charge is -2.40. The number of nitrogens with zero attached hydrogens (tertiary/aromatic N) is 1. The van der Waals surface area contributed by atoms with E-state index in [0.29, 0.717) is 6.54 Å². The number of rotatable bonds is 11. The molecule has 10 heteroatoms. The van der Waals surface area contributed by atoms with Gasteiger partial charge in [0.2, 0.25) is 5.91 Å². The number of aliphatic hydroxyl groups is 4. The van der Waals surface area contributed by atoms with Crippen LogP contribution in [0.5, 0.6) is 0 Å². The molecule has 1 fully saturated rings. The molecule has 1 aliphatic rings. The lowest BCUT2D eigenvalue weighted by molar-refractivity contribution is -0.235. The van der Waals surface area contributed by atoms with Gasteiger partial charge in [-0.25, -0.2) is 4.99 Å². The van der Waals surface area contributed by atoms with E-state index in [9.17, 15) is 20.1 Å². The smallest absolute Gasteiger partial charge is 0.243 e. The van der Waals surface area contributed by atoms with Gasteiger partial charge in [-0.05, 0) is 6.42 Å². The van der Waals surface area contributed by atoms with Crippen LogP contribution < -0.4 is 16.4 Å². The van der Waals surface area contributed by atoms with Gasteiger partial charge in [0.25, 0.3) is 0 Å². The van der Waals surface area contributed by atoms with E-state index in [1.54, 1.807) is 0 Å². The van der Waals surface area contributed by atoms with Gasteiger partial charge in [-0.15, -0.1) is 0 Å². The molecule has 0 radical (unpaired) electrons. The number of aliphatic imine (C=N–C) groups is 1. The summed E-state index contributed by atoms with van der Waals surface area (Å²) in [5.74, 6) is -0.434. The van der Waals surface area contributed by atoms with Gasteiger partial charge in [0, 0.05) is 6.54 Å². The number of aliphatic hydroxyl groups excluding tert-OH is 4. The Morgan fingerprint density at radius 3 is 2.41 bits per heavy atom. The van der Waals surface area contributed by atoms with Crippen molar-refractivity contribution in [3.63, 3.8) is 0 Å².